The summed E-state index contributed by atoms with van der Waals surface area (Å²) in [6.45, 7) is 5.48. The van der Waals surface area contributed by atoms with Gasteiger partial charge in [0.2, 0.25) is 0 Å². The van der Waals surface area contributed by atoms with Crippen molar-refractivity contribution in [1.82, 2.24) is 15.3 Å². The van der Waals surface area contributed by atoms with Crippen LogP contribution in [0.2, 0.25) is 0 Å². The largest absolute Gasteiger partial charge is 0.314 e. The van der Waals surface area contributed by atoms with E-state index in [0.717, 1.165) is 28.7 Å². The van der Waals surface area contributed by atoms with Crippen molar-refractivity contribution in [2.24, 2.45) is 0 Å². The second-order valence-electron chi connectivity index (χ2n) is 3.58. The SMILES string of the molecule is CCCNC(CC)Cc1ncncc1I. The molecule has 0 bridgehead atoms. The minimum atomic E-state index is 0.536. The van der Waals surface area contributed by atoms with Crippen LogP contribution in [0.3, 0.4) is 0 Å². The second kappa shape index (κ2) is 7.11. The van der Waals surface area contributed by atoms with Crippen LogP contribution in [-0.4, -0.2) is 22.6 Å². The molecule has 0 saturated heterocycles. The van der Waals surface area contributed by atoms with E-state index in [1.54, 1.807) is 6.33 Å². The van der Waals surface area contributed by atoms with Gasteiger partial charge in [-0.25, -0.2) is 9.97 Å². The van der Waals surface area contributed by atoms with Crippen molar-refractivity contribution < 1.29 is 0 Å². The summed E-state index contributed by atoms with van der Waals surface area (Å²) in [5.74, 6) is 0. The van der Waals surface area contributed by atoms with Crippen LogP contribution in [0.5, 0.6) is 0 Å². The molecule has 0 aliphatic heterocycles. The third-order valence-corrected chi connectivity index (χ3v) is 3.26. The Bertz CT molecular complexity index is 291. The van der Waals surface area contributed by atoms with Crippen LogP contribution in [0, 0.1) is 3.57 Å². The van der Waals surface area contributed by atoms with Crippen molar-refractivity contribution in [3.05, 3.63) is 21.8 Å². The summed E-state index contributed by atoms with van der Waals surface area (Å²) >= 11 is 2.29. The highest BCUT2D eigenvalue weighted by Crippen LogP contribution is 2.10. The van der Waals surface area contributed by atoms with Crippen LogP contribution in [0.25, 0.3) is 0 Å². The smallest absolute Gasteiger partial charge is 0.115 e. The molecule has 0 saturated carbocycles. The fraction of sp³-hybridized carbons (Fsp3) is 0.636. The van der Waals surface area contributed by atoms with E-state index in [0.29, 0.717) is 6.04 Å². The van der Waals surface area contributed by atoms with Gasteiger partial charge in [0.1, 0.15) is 6.33 Å². The lowest BCUT2D eigenvalue weighted by Crippen LogP contribution is -2.31. The monoisotopic (exact) mass is 319 g/mol. The zero-order valence-electron chi connectivity index (χ0n) is 9.33. The number of nitrogens with one attached hydrogen (secondary N) is 1. The van der Waals surface area contributed by atoms with Gasteiger partial charge in [-0.3, -0.25) is 0 Å². The van der Waals surface area contributed by atoms with Crippen molar-refractivity contribution in [2.75, 3.05) is 6.54 Å². The standard InChI is InChI=1S/C11H18IN3/c1-3-5-14-9(4-2)6-11-10(12)7-13-8-15-11/h7-9,14H,3-6H2,1-2H3. The maximum Gasteiger partial charge on any atom is 0.115 e. The molecule has 1 unspecified atom stereocenters. The third kappa shape index (κ3) is 4.42. The van der Waals surface area contributed by atoms with Crippen LogP contribution in [0.4, 0.5) is 0 Å². The Morgan fingerprint density at radius 3 is 2.87 bits per heavy atom. The highest BCUT2D eigenvalue weighted by atomic mass is 127. The van der Waals surface area contributed by atoms with Gasteiger partial charge in [0.15, 0.2) is 0 Å². The van der Waals surface area contributed by atoms with Gasteiger partial charge in [0.05, 0.1) is 9.26 Å². The molecule has 0 aliphatic rings. The van der Waals surface area contributed by atoms with Crippen molar-refractivity contribution in [2.45, 2.75) is 39.2 Å². The number of rotatable bonds is 6. The van der Waals surface area contributed by atoms with Gasteiger partial charge in [-0.15, -0.1) is 0 Å². The first-order valence-electron chi connectivity index (χ1n) is 5.45. The van der Waals surface area contributed by atoms with Crippen LogP contribution in [-0.2, 0) is 6.42 Å². The number of hydrogen-bond donors (Lipinski definition) is 1. The summed E-state index contributed by atoms with van der Waals surface area (Å²) in [6, 6.07) is 0.536. The molecule has 0 spiro atoms. The average molecular weight is 319 g/mol. The molecular weight excluding hydrogens is 301 g/mol. The average Bonchev–Trinajstić information content (AvgIpc) is 2.26. The minimum absolute atomic E-state index is 0.536. The Hall–Kier alpha value is -0.230. The molecule has 0 radical (unpaired) electrons. The molecule has 3 nitrogen and oxygen atoms in total. The summed E-state index contributed by atoms with van der Waals surface area (Å²) in [7, 11) is 0. The van der Waals surface area contributed by atoms with Crippen LogP contribution in [0.15, 0.2) is 12.5 Å². The molecule has 1 N–H and O–H groups in total. The van der Waals surface area contributed by atoms with E-state index >= 15 is 0 Å². The molecule has 1 aromatic heterocycles. The molecule has 4 heteroatoms. The molecular formula is C11H18IN3. The quantitative estimate of drug-likeness (QED) is 0.818. The van der Waals surface area contributed by atoms with Crippen molar-refractivity contribution in [1.29, 1.82) is 0 Å². The molecule has 1 atom stereocenters. The lowest BCUT2D eigenvalue weighted by molar-refractivity contribution is 0.489. The van der Waals surface area contributed by atoms with Gasteiger partial charge in [-0.1, -0.05) is 13.8 Å². The van der Waals surface area contributed by atoms with Gasteiger partial charge in [-0.05, 0) is 42.0 Å². The molecule has 1 heterocycles. The van der Waals surface area contributed by atoms with Crippen LogP contribution >= 0.6 is 22.6 Å². The first-order valence-corrected chi connectivity index (χ1v) is 6.53. The number of halogens is 1. The Morgan fingerprint density at radius 2 is 2.27 bits per heavy atom. The number of aromatic nitrogens is 2. The summed E-state index contributed by atoms with van der Waals surface area (Å²) < 4.78 is 1.16. The minimum Gasteiger partial charge on any atom is -0.314 e. The first-order chi connectivity index (χ1) is 7.27. The maximum atomic E-state index is 4.32. The van der Waals surface area contributed by atoms with Gasteiger partial charge in [0, 0.05) is 18.7 Å². The van der Waals surface area contributed by atoms with E-state index in [4.69, 9.17) is 0 Å². The van der Waals surface area contributed by atoms with Gasteiger partial charge < -0.3 is 5.32 Å². The molecule has 0 aromatic carbocycles. The van der Waals surface area contributed by atoms with E-state index in [-0.39, 0.29) is 0 Å². The molecule has 1 rings (SSSR count). The molecule has 0 amide bonds. The Labute approximate surface area is 105 Å². The zero-order chi connectivity index (χ0) is 11.1. The first kappa shape index (κ1) is 12.8. The van der Waals surface area contributed by atoms with Gasteiger partial charge >= 0.3 is 0 Å². The second-order valence-corrected chi connectivity index (χ2v) is 4.74. The summed E-state index contributed by atoms with van der Waals surface area (Å²) in [5, 5.41) is 3.53. The molecule has 15 heavy (non-hydrogen) atoms. The molecule has 0 aliphatic carbocycles. The van der Waals surface area contributed by atoms with E-state index in [1.807, 2.05) is 6.20 Å². The van der Waals surface area contributed by atoms with E-state index in [9.17, 15) is 0 Å². The van der Waals surface area contributed by atoms with E-state index in [1.165, 1.54) is 6.42 Å². The number of hydrogen-bond acceptors (Lipinski definition) is 3. The van der Waals surface area contributed by atoms with Crippen molar-refractivity contribution in [3.63, 3.8) is 0 Å². The van der Waals surface area contributed by atoms with Crippen molar-refractivity contribution in [3.8, 4) is 0 Å². The lowest BCUT2D eigenvalue weighted by Gasteiger charge is -2.16. The molecule has 0 fully saturated rings. The van der Waals surface area contributed by atoms with E-state index < -0.39 is 0 Å². The highest BCUT2D eigenvalue weighted by Gasteiger charge is 2.09. The maximum absolute atomic E-state index is 4.32. The molecule has 84 valence electrons. The third-order valence-electron chi connectivity index (χ3n) is 2.36. The van der Waals surface area contributed by atoms with Crippen LogP contribution < -0.4 is 5.32 Å². The highest BCUT2D eigenvalue weighted by molar-refractivity contribution is 14.1. The predicted molar refractivity (Wildman–Crippen MR) is 70.8 cm³/mol. The number of nitrogens with zero attached hydrogens (tertiary/aromatic N) is 2. The van der Waals surface area contributed by atoms with Gasteiger partial charge in [0.25, 0.3) is 0 Å². The van der Waals surface area contributed by atoms with E-state index in [2.05, 4.69) is 51.7 Å². The fourth-order valence-electron chi connectivity index (χ4n) is 1.43. The topological polar surface area (TPSA) is 37.8 Å². The lowest BCUT2D eigenvalue weighted by atomic mass is 10.1. The fourth-order valence-corrected chi connectivity index (χ4v) is 1.95. The Morgan fingerprint density at radius 1 is 1.47 bits per heavy atom. The van der Waals surface area contributed by atoms with Crippen molar-refractivity contribution >= 4 is 22.6 Å². The summed E-state index contributed by atoms with van der Waals surface area (Å²) in [6.07, 6.45) is 6.81. The Balaban J connectivity index is 2.54. The molecule has 1 aromatic rings. The van der Waals surface area contributed by atoms with Gasteiger partial charge in [-0.2, -0.15) is 0 Å². The zero-order valence-corrected chi connectivity index (χ0v) is 11.5. The summed E-state index contributed by atoms with van der Waals surface area (Å²) in [5.41, 5.74) is 1.15. The Kier molecular flexibility index (Phi) is 6.09. The normalized spacial score (nSPS) is 12.7. The van der Waals surface area contributed by atoms with Crippen LogP contribution in [0.1, 0.15) is 32.4 Å². The predicted octanol–water partition coefficient (Wildman–Crippen LogP) is 2.40. The summed E-state index contributed by atoms with van der Waals surface area (Å²) in [4.78, 5) is 8.32.